The van der Waals surface area contributed by atoms with E-state index in [1.54, 1.807) is 0 Å². The molecular weight excluding hydrogens is 445 g/mol. The Balaban J connectivity index is 1.72. The van der Waals surface area contributed by atoms with Gasteiger partial charge in [0.25, 0.3) is 0 Å². The first-order valence-electron chi connectivity index (χ1n) is 11.5. The largest absolute Gasteiger partial charge is 0.378 e. The van der Waals surface area contributed by atoms with Crippen LogP contribution in [0.3, 0.4) is 0 Å². The van der Waals surface area contributed by atoms with Crippen LogP contribution in [-0.2, 0) is 9.30 Å². The van der Waals surface area contributed by atoms with Gasteiger partial charge in [-0.25, -0.2) is 0 Å². The summed E-state index contributed by atoms with van der Waals surface area (Å²) in [5.41, 5.74) is 3.98. The lowest BCUT2D eigenvalue weighted by Gasteiger charge is -2.32. The summed E-state index contributed by atoms with van der Waals surface area (Å²) in [5, 5.41) is 1.98. The Morgan fingerprint density at radius 3 is 1.74 bits per heavy atom. The van der Waals surface area contributed by atoms with E-state index >= 15 is 4.57 Å². The van der Waals surface area contributed by atoms with Gasteiger partial charge in [-0.2, -0.15) is 0 Å². The molecule has 34 heavy (non-hydrogen) atoms. The van der Waals surface area contributed by atoms with Gasteiger partial charge in [-0.3, -0.25) is 4.79 Å². The van der Waals surface area contributed by atoms with Crippen molar-refractivity contribution in [3.05, 3.63) is 71.8 Å². The fourth-order valence-electron chi connectivity index (χ4n) is 4.75. The van der Waals surface area contributed by atoms with Crippen molar-refractivity contribution in [2.75, 3.05) is 69.2 Å². The predicted molar refractivity (Wildman–Crippen MR) is 141 cm³/mol. The Morgan fingerprint density at radius 1 is 0.765 bits per heavy atom. The number of anilines is 3. The normalized spacial score (nSPS) is 16.6. The first-order chi connectivity index (χ1) is 16.3. The fraction of sp³-hybridized carbons (Fsp3) is 0.296. The van der Waals surface area contributed by atoms with Crippen LogP contribution in [0.4, 0.5) is 17.1 Å². The number of nitrogens with zero attached hydrogens (tertiary/aromatic N) is 3. The molecule has 2 aliphatic rings. The van der Waals surface area contributed by atoms with Crippen LogP contribution in [0.15, 0.2) is 60.7 Å². The first-order valence-corrected chi connectivity index (χ1v) is 13.2. The quantitative estimate of drug-likeness (QED) is 0.423. The van der Waals surface area contributed by atoms with Crippen molar-refractivity contribution in [3.63, 3.8) is 0 Å². The van der Waals surface area contributed by atoms with Crippen molar-refractivity contribution in [1.29, 1.82) is 0 Å². The zero-order valence-corrected chi connectivity index (χ0v) is 21.0. The highest BCUT2D eigenvalue weighted by atomic mass is 31.2. The van der Waals surface area contributed by atoms with Gasteiger partial charge in [-0.1, -0.05) is 0 Å². The molecule has 0 N–H and O–H groups in total. The highest BCUT2D eigenvalue weighted by molar-refractivity contribution is 7.85. The van der Waals surface area contributed by atoms with Gasteiger partial charge < -0.3 is 24.0 Å². The number of rotatable bonds is 4. The van der Waals surface area contributed by atoms with E-state index in [4.69, 9.17) is 4.74 Å². The van der Waals surface area contributed by atoms with Crippen molar-refractivity contribution >= 4 is 45.9 Å². The third kappa shape index (κ3) is 3.62. The number of carbonyl (C=O) groups is 1. The highest BCUT2D eigenvalue weighted by Crippen LogP contribution is 2.49. The minimum atomic E-state index is -3.29. The smallest absolute Gasteiger partial charge is 0.194 e. The van der Waals surface area contributed by atoms with Crippen LogP contribution in [0, 0.1) is 0 Å². The Bertz CT molecular complexity index is 1230. The van der Waals surface area contributed by atoms with Gasteiger partial charge in [-0.15, -0.1) is 0 Å². The molecule has 7 heteroatoms. The Labute approximate surface area is 201 Å². The van der Waals surface area contributed by atoms with E-state index in [2.05, 4.69) is 4.90 Å². The average molecular weight is 476 g/mol. The summed E-state index contributed by atoms with van der Waals surface area (Å²) in [7, 11) is 4.51. The Hall–Kier alpha value is -3.08. The number of hydrogen-bond donors (Lipinski definition) is 0. The second-order valence-corrected chi connectivity index (χ2v) is 11.9. The molecule has 2 aliphatic heterocycles. The van der Waals surface area contributed by atoms with Crippen molar-refractivity contribution in [2.24, 2.45) is 0 Å². The van der Waals surface area contributed by atoms with E-state index in [0.29, 0.717) is 34.9 Å². The molecule has 1 saturated heterocycles. The molecule has 3 aromatic rings. The molecule has 0 aromatic heterocycles. The summed E-state index contributed by atoms with van der Waals surface area (Å²) < 4.78 is 20.7. The summed E-state index contributed by atoms with van der Waals surface area (Å²) in [6.07, 6.45) is 0. The molecule has 0 saturated carbocycles. The van der Waals surface area contributed by atoms with Crippen molar-refractivity contribution < 1.29 is 14.1 Å². The Kier molecular flexibility index (Phi) is 5.75. The first kappa shape index (κ1) is 22.7. The minimum absolute atomic E-state index is 0.0722. The molecule has 1 fully saturated rings. The lowest BCUT2D eigenvalue weighted by atomic mass is 10.0. The average Bonchev–Trinajstić information content (AvgIpc) is 2.87. The molecule has 176 valence electrons. The van der Waals surface area contributed by atoms with Gasteiger partial charge in [0.1, 0.15) is 0 Å². The summed E-state index contributed by atoms with van der Waals surface area (Å²) in [6.45, 7) is 3.11. The van der Waals surface area contributed by atoms with Gasteiger partial charge in [0.15, 0.2) is 12.9 Å². The van der Waals surface area contributed by atoms with Crippen LogP contribution in [0.25, 0.3) is 0 Å². The van der Waals surface area contributed by atoms with E-state index in [9.17, 15) is 4.79 Å². The summed E-state index contributed by atoms with van der Waals surface area (Å²) >= 11 is 0. The van der Waals surface area contributed by atoms with E-state index in [-0.39, 0.29) is 5.78 Å². The summed E-state index contributed by atoms with van der Waals surface area (Å²) in [6, 6.07) is 19.4. The van der Waals surface area contributed by atoms with Gasteiger partial charge in [0, 0.05) is 85.4 Å². The van der Waals surface area contributed by atoms with Crippen LogP contribution in [0.5, 0.6) is 0 Å². The zero-order chi connectivity index (χ0) is 24.0. The maximum atomic E-state index is 15.2. The molecule has 3 aromatic carbocycles. The van der Waals surface area contributed by atoms with Crippen LogP contribution in [0.2, 0.25) is 0 Å². The molecule has 0 aliphatic carbocycles. The van der Waals surface area contributed by atoms with Crippen LogP contribution < -0.4 is 30.6 Å². The lowest BCUT2D eigenvalue weighted by molar-refractivity contribution is 0.104. The number of morpholine rings is 1. The number of ketones is 1. The van der Waals surface area contributed by atoms with Crippen molar-refractivity contribution in [1.82, 2.24) is 0 Å². The zero-order valence-electron chi connectivity index (χ0n) is 20.1. The van der Waals surface area contributed by atoms with E-state index < -0.39 is 7.14 Å². The van der Waals surface area contributed by atoms with E-state index in [1.165, 1.54) is 0 Å². The number of carbonyl (C=O) groups excluding carboxylic acids is 1. The second kappa shape index (κ2) is 8.61. The number of hydrogen-bond acceptors (Lipinski definition) is 6. The molecule has 2 heterocycles. The van der Waals surface area contributed by atoms with E-state index in [1.807, 2.05) is 98.7 Å². The Morgan fingerprint density at radius 2 is 1.26 bits per heavy atom. The maximum Gasteiger partial charge on any atom is 0.194 e. The third-order valence-corrected chi connectivity index (χ3v) is 9.88. The van der Waals surface area contributed by atoms with Gasteiger partial charge in [-0.05, 0) is 60.7 Å². The summed E-state index contributed by atoms with van der Waals surface area (Å²) in [5.74, 6) is -0.0722. The number of benzene rings is 3. The second-order valence-electron chi connectivity index (χ2n) is 9.25. The van der Waals surface area contributed by atoms with E-state index in [0.717, 1.165) is 35.5 Å². The standard InChI is InChI=1S/C27H30N3O3P/c1-28(2)20-7-11-23-25(17-20)34(32,26-18-21(29(3)4)8-12-24(26)27(23)31)22-9-5-19(6-10-22)30-13-15-33-16-14-30/h5-12,17-18H,13-16H2,1-4H3. The minimum Gasteiger partial charge on any atom is -0.378 e. The molecule has 0 atom stereocenters. The summed E-state index contributed by atoms with van der Waals surface area (Å²) in [4.78, 5) is 19.7. The number of ether oxygens (including phenoxy) is 1. The molecule has 0 amide bonds. The predicted octanol–water partition coefficient (Wildman–Crippen LogP) is 2.84. The van der Waals surface area contributed by atoms with Crippen LogP contribution >= 0.6 is 7.14 Å². The van der Waals surface area contributed by atoms with Gasteiger partial charge in [0.2, 0.25) is 0 Å². The molecule has 0 spiro atoms. The molecule has 0 bridgehead atoms. The monoisotopic (exact) mass is 475 g/mol. The number of fused-ring (bicyclic) bond motifs is 2. The van der Waals surface area contributed by atoms with Gasteiger partial charge >= 0.3 is 0 Å². The van der Waals surface area contributed by atoms with Crippen LogP contribution in [0.1, 0.15) is 15.9 Å². The fourth-order valence-corrected chi connectivity index (χ4v) is 7.79. The molecular formula is C27H30N3O3P. The van der Waals surface area contributed by atoms with Crippen molar-refractivity contribution in [2.45, 2.75) is 0 Å². The lowest BCUT2D eigenvalue weighted by Crippen LogP contribution is -2.38. The SMILES string of the molecule is CN(C)c1ccc2c(c1)P(=O)(c1ccc(N3CCOCC3)cc1)c1cc(N(C)C)ccc1C2=O. The molecule has 5 rings (SSSR count). The maximum absolute atomic E-state index is 15.2. The topological polar surface area (TPSA) is 53.1 Å². The third-order valence-electron chi connectivity index (χ3n) is 6.75. The molecule has 0 unspecified atom stereocenters. The molecule has 6 nitrogen and oxygen atoms in total. The van der Waals surface area contributed by atoms with Crippen LogP contribution in [-0.4, -0.2) is 60.3 Å². The van der Waals surface area contributed by atoms with Gasteiger partial charge in [0.05, 0.1) is 13.2 Å². The van der Waals surface area contributed by atoms with Crippen molar-refractivity contribution in [3.8, 4) is 0 Å². The molecule has 0 radical (unpaired) electrons. The highest BCUT2D eigenvalue weighted by Gasteiger charge is 2.41.